The van der Waals surface area contributed by atoms with Crippen LogP contribution in [0.15, 0.2) is 24.8 Å². The van der Waals surface area contributed by atoms with Gasteiger partial charge in [0, 0.05) is 0 Å². The molecule has 1 rings (SSSR count). The molecule has 75 valence electrons. The summed E-state index contributed by atoms with van der Waals surface area (Å²) in [5.41, 5.74) is 1.31. The van der Waals surface area contributed by atoms with Crippen LogP contribution in [0, 0.1) is 13.0 Å². The van der Waals surface area contributed by atoms with Crippen molar-refractivity contribution in [2.24, 2.45) is 0 Å². The molecule has 1 aromatic rings. The molecular formula is C10H8F3O. The zero-order valence-electron chi connectivity index (χ0n) is 7.48. The Morgan fingerprint density at radius 1 is 1.36 bits per heavy atom. The number of benzene rings is 1. The van der Waals surface area contributed by atoms with Gasteiger partial charge < -0.3 is 4.74 Å². The standard InChI is InChI=1S/C10H8F3O/c1-3-8-6-9(5-4-7(8)2)14-10(11,12)13/h4-6H,1H2,2H3. The first kappa shape index (κ1) is 10.6. The van der Waals surface area contributed by atoms with E-state index in [1.54, 1.807) is 6.92 Å². The Morgan fingerprint density at radius 2 is 2.00 bits per heavy atom. The molecule has 0 bridgehead atoms. The predicted octanol–water partition coefficient (Wildman–Crippen LogP) is 3.23. The fraction of sp³-hybridized carbons (Fsp3) is 0.200. The van der Waals surface area contributed by atoms with E-state index in [0.29, 0.717) is 5.56 Å². The third-order valence-corrected chi connectivity index (χ3v) is 1.63. The maximum Gasteiger partial charge on any atom is 0.573 e. The number of hydrogen-bond acceptors (Lipinski definition) is 1. The Morgan fingerprint density at radius 3 is 2.50 bits per heavy atom. The number of halogens is 3. The van der Waals surface area contributed by atoms with Crippen LogP contribution < -0.4 is 4.74 Å². The Labute approximate surface area is 79.8 Å². The molecule has 0 saturated carbocycles. The zero-order valence-corrected chi connectivity index (χ0v) is 7.48. The second-order valence-corrected chi connectivity index (χ2v) is 2.70. The van der Waals surface area contributed by atoms with Crippen LogP contribution in [0.25, 0.3) is 0 Å². The number of aryl methyl sites for hydroxylation is 1. The molecule has 1 aromatic carbocycles. The van der Waals surface area contributed by atoms with Crippen LogP contribution >= 0.6 is 0 Å². The first-order chi connectivity index (χ1) is 6.42. The topological polar surface area (TPSA) is 9.23 Å². The molecule has 0 amide bonds. The molecular weight excluding hydrogens is 193 g/mol. The first-order valence-electron chi connectivity index (χ1n) is 3.82. The number of rotatable bonds is 2. The summed E-state index contributed by atoms with van der Waals surface area (Å²) in [5.74, 6) is -0.255. The fourth-order valence-corrected chi connectivity index (χ4v) is 0.989. The predicted molar refractivity (Wildman–Crippen MR) is 45.8 cm³/mol. The van der Waals surface area contributed by atoms with E-state index in [2.05, 4.69) is 17.4 Å². The van der Waals surface area contributed by atoms with Crippen molar-refractivity contribution in [3.05, 3.63) is 42.0 Å². The van der Waals surface area contributed by atoms with Crippen molar-refractivity contribution >= 4 is 0 Å². The van der Waals surface area contributed by atoms with Crippen LogP contribution in [-0.4, -0.2) is 6.36 Å². The van der Waals surface area contributed by atoms with E-state index in [1.165, 1.54) is 18.2 Å². The van der Waals surface area contributed by atoms with Crippen LogP contribution in [0.5, 0.6) is 5.75 Å². The highest BCUT2D eigenvalue weighted by Crippen LogP contribution is 2.24. The normalized spacial score (nSPS) is 11.1. The quantitative estimate of drug-likeness (QED) is 0.713. The van der Waals surface area contributed by atoms with Crippen LogP contribution in [0.4, 0.5) is 13.2 Å². The summed E-state index contributed by atoms with van der Waals surface area (Å²) in [5, 5.41) is 0. The minimum absolute atomic E-state index is 0.255. The summed E-state index contributed by atoms with van der Waals surface area (Å²) >= 11 is 0. The minimum Gasteiger partial charge on any atom is -0.406 e. The molecule has 0 atom stereocenters. The molecule has 1 nitrogen and oxygen atoms in total. The molecule has 0 saturated heterocycles. The average molecular weight is 201 g/mol. The van der Waals surface area contributed by atoms with Crippen molar-refractivity contribution < 1.29 is 17.9 Å². The van der Waals surface area contributed by atoms with Gasteiger partial charge in [0.1, 0.15) is 5.75 Å². The van der Waals surface area contributed by atoms with E-state index < -0.39 is 6.36 Å². The Kier molecular flexibility index (Phi) is 2.84. The van der Waals surface area contributed by atoms with Crippen molar-refractivity contribution in [2.45, 2.75) is 13.3 Å². The van der Waals surface area contributed by atoms with Gasteiger partial charge in [0.25, 0.3) is 0 Å². The maximum atomic E-state index is 11.8. The van der Waals surface area contributed by atoms with E-state index >= 15 is 0 Å². The molecule has 0 spiro atoms. The van der Waals surface area contributed by atoms with Gasteiger partial charge in [0.05, 0.1) is 0 Å². The maximum absolute atomic E-state index is 11.8. The van der Waals surface area contributed by atoms with Crippen LogP contribution in [0.2, 0.25) is 0 Å². The molecule has 0 aliphatic heterocycles. The van der Waals surface area contributed by atoms with Crippen molar-refractivity contribution in [3.8, 4) is 5.75 Å². The number of hydrogen-bond donors (Lipinski definition) is 0. The van der Waals surface area contributed by atoms with Gasteiger partial charge in [-0.05, 0) is 36.3 Å². The highest BCUT2D eigenvalue weighted by atomic mass is 19.4. The SMILES string of the molecule is C=[C]c1cc(OC(F)(F)F)ccc1C. The highest BCUT2D eigenvalue weighted by Gasteiger charge is 2.31. The molecule has 0 fully saturated rings. The van der Waals surface area contributed by atoms with Crippen molar-refractivity contribution in [3.63, 3.8) is 0 Å². The Hall–Kier alpha value is -1.45. The second-order valence-electron chi connectivity index (χ2n) is 2.70. The zero-order chi connectivity index (χ0) is 10.8. The lowest BCUT2D eigenvalue weighted by Crippen LogP contribution is -2.17. The largest absolute Gasteiger partial charge is 0.573 e. The molecule has 14 heavy (non-hydrogen) atoms. The van der Waals surface area contributed by atoms with Crippen molar-refractivity contribution in [1.29, 1.82) is 0 Å². The van der Waals surface area contributed by atoms with Gasteiger partial charge in [0.15, 0.2) is 0 Å². The van der Waals surface area contributed by atoms with Crippen LogP contribution in [0.3, 0.4) is 0 Å². The average Bonchev–Trinajstić information content (AvgIpc) is 2.06. The van der Waals surface area contributed by atoms with Gasteiger partial charge in [-0.2, -0.15) is 0 Å². The third-order valence-electron chi connectivity index (χ3n) is 1.63. The monoisotopic (exact) mass is 201 g/mol. The number of alkyl halides is 3. The van der Waals surface area contributed by atoms with Gasteiger partial charge in [-0.15, -0.1) is 13.2 Å². The minimum atomic E-state index is -4.66. The summed E-state index contributed by atoms with van der Waals surface area (Å²) in [6.45, 7) is 5.12. The van der Waals surface area contributed by atoms with Gasteiger partial charge in [-0.3, -0.25) is 0 Å². The molecule has 0 N–H and O–H groups in total. The molecule has 4 heteroatoms. The second kappa shape index (κ2) is 3.74. The van der Waals surface area contributed by atoms with E-state index in [9.17, 15) is 13.2 Å². The molecule has 1 radical (unpaired) electrons. The van der Waals surface area contributed by atoms with E-state index in [1.807, 2.05) is 0 Å². The fourth-order valence-electron chi connectivity index (χ4n) is 0.989. The lowest BCUT2D eigenvalue weighted by atomic mass is 10.1. The summed E-state index contributed by atoms with van der Waals surface area (Å²) in [7, 11) is 0. The molecule has 0 aromatic heterocycles. The summed E-state index contributed by atoms with van der Waals surface area (Å²) in [6.07, 6.45) is -2.13. The first-order valence-corrected chi connectivity index (χ1v) is 3.82. The molecule has 0 unspecified atom stereocenters. The van der Waals surface area contributed by atoms with Crippen LogP contribution in [0.1, 0.15) is 11.1 Å². The highest BCUT2D eigenvalue weighted by molar-refractivity contribution is 5.38. The summed E-state index contributed by atoms with van der Waals surface area (Å²) < 4.78 is 39.2. The number of ether oxygens (including phenoxy) is 1. The van der Waals surface area contributed by atoms with Crippen LogP contribution in [-0.2, 0) is 0 Å². The third kappa shape index (κ3) is 2.80. The van der Waals surface area contributed by atoms with E-state index in [4.69, 9.17) is 0 Å². The molecule has 0 aliphatic rings. The Bertz CT molecular complexity index is 342. The van der Waals surface area contributed by atoms with Gasteiger partial charge >= 0.3 is 6.36 Å². The van der Waals surface area contributed by atoms with E-state index in [-0.39, 0.29) is 5.75 Å². The lowest BCUT2D eigenvalue weighted by molar-refractivity contribution is -0.274. The molecule has 0 aliphatic carbocycles. The van der Waals surface area contributed by atoms with Gasteiger partial charge in [-0.1, -0.05) is 12.6 Å². The molecule has 0 heterocycles. The summed E-state index contributed by atoms with van der Waals surface area (Å²) in [6, 6.07) is 4.02. The Balaban J connectivity index is 2.95. The van der Waals surface area contributed by atoms with E-state index in [0.717, 1.165) is 5.56 Å². The smallest absolute Gasteiger partial charge is 0.406 e. The van der Waals surface area contributed by atoms with Crippen molar-refractivity contribution in [1.82, 2.24) is 0 Å². The van der Waals surface area contributed by atoms with Crippen molar-refractivity contribution in [2.75, 3.05) is 0 Å². The van der Waals surface area contributed by atoms with Gasteiger partial charge in [0.2, 0.25) is 0 Å². The van der Waals surface area contributed by atoms with Gasteiger partial charge in [-0.25, -0.2) is 0 Å². The summed E-state index contributed by atoms with van der Waals surface area (Å²) in [4.78, 5) is 0. The lowest BCUT2D eigenvalue weighted by Gasteiger charge is -2.09.